The molecule has 0 saturated heterocycles. The number of carbonyl (C=O) groups is 1. The summed E-state index contributed by atoms with van der Waals surface area (Å²) in [5.74, 6) is -1.06. The van der Waals surface area contributed by atoms with Gasteiger partial charge in [-0.05, 0) is 36.4 Å². The lowest BCUT2D eigenvalue weighted by Gasteiger charge is -2.07. The highest BCUT2D eigenvalue weighted by Gasteiger charge is 2.14. The van der Waals surface area contributed by atoms with Crippen molar-refractivity contribution in [3.8, 4) is 0 Å². The number of aromatic nitrogens is 1. The lowest BCUT2D eigenvalue weighted by atomic mass is 10.2. The molecule has 1 aromatic carbocycles. The Morgan fingerprint density at radius 2 is 1.83 bits per heavy atom. The van der Waals surface area contributed by atoms with Crippen LogP contribution >= 0.6 is 0 Å². The van der Waals surface area contributed by atoms with Crippen LogP contribution in [0.3, 0.4) is 0 Å². The summed E-state index contributed by atoms with van der Waals surface area (Å²) in [6.07, 6.45) is 2.91. The minimum absolute atomic E-state index is 0.0973. The van der Waals surface area contributed by atoms with Crippen LogP contribution < -0.4 is 0 Å². The summed E-state index contributed by atoms with van der Waals surface area (Å²) in [6, 6.07) is 8.63. The molecule has 0 bridgehead atoms. The molecule has 1 heterocycles. The van der Waals surface area contributed by atoms with E-state index in [0.29, 0.717) is 4.90 Å². The topological polar surface area (TPSA) is 91.1 Å². The zero-order valence-corrected chi connectivity index (χ0v) is 10.1. The van der Waals surface area contributed by atoms with Crippen LogP contribution in [0.15, 0.2) is 58.6 Å². The number of hydrogen-bond donors (Lipinski definition) is 2. The fourth-order valence-corrected chi connectivity index (χ4v) is 2.71. The number of aromatic carboxylic acids is 1. The van der Waals surface area contributed by atoms with Gasteiger partial charge in [-0.25, -0.2) is 13.8 Å². The van der Waals surface area contributed by atoms with Gasteiger partial charge in [0.2, 0.25) is 0 Å². The van der Waals surface area contributed by atoms with E-state index in [2.05, 4.69) is 4.98 Å². The molecule has 92 valence electrons. The first-order chi connectivity index (χ1) is 8.51. The zero-order chi connectivity index (χ0) is 13.2. The SMILES string of the molecule is N=S(=O)(c1ccc(C(=O)O)cc1)c1cccnc1. The van der Waals surface area contributed by atoms with Crippen LogP contribution in [0.4, 0.5) is 0 Å². The van der Waals surface area contributed by atoms with Crippen molar-refractivity contribution in [3.05, 3.63) is 54.4 Å². The number of carboxylic acids is 1. The molecule has 6 heteroatoms. The van der Waals surface area contributed by atoms with E-state index in [1.165, 1.54) is 36.7 Å². The fourth-order valence-electron chi connectivity index (χ4n) is 1.44. The normalized spacial score (nSPS) is 13.8. The minimum Gasteiger partial charge on any atom is -0.478 e. The van der Waals surface area contributed by atoms with Gasteiger partial charge in [0.25, 0.3) is 0 Å². The van der Waals surface area contributed by atoms with Crippen molar-refractivity contribution in [3.63, 3.8) is 0 Å². The standard InChI is InChI=1S/C12H10N2O3S/c13-18(17,11-2-1-7-14-8-11)10-5-3-9(4-6-10)12(15)16/h1-8,13H,(H,15,16). The molecule has 18 heavy (non-hydrogen) atoms. The van der Waals surface area contributed by atoms with Crippen molar-refractivity contribution in [2.75, 3.05) is 0 Å². The van der Waals surface area contributed by atoms with Crippen molar-refractivity contribution in [2.45, 2.75) is 9.79 Å². The molecule has 2 N–H and O–H groups in total. The van der Waals surface area contributed by atoms with Gasteiger partial charge in [-0.15, -0.1) is 0 Å². The minimum atomic E-state index is -3.14. The number of nitrogens with one attached hydrogen (secondary N) is 1. The van der Waals surface area contributed by atoms with Crippen LogP contribution in [-0.4, -0.2) is 20.3 Å². The molecule has 0 aliphatic heterocycles. The summed E-state index contributed by atoms with van der Waals surface area (Å²) in [4.78, 5) is 15.1. The Morgan fingerprint density at radius 1 is 1.17 bits per heavy atom. The largest absolute Gasteiger partial charge is 0.478 e. The quantitative estimate of drug-likeness (QED) is 0.887. The molecular formula is C12H10N2O3S. The van der Waals surface area contributed by atoms with Crippen molar-refractivity contribution in [1.82, 2.24) is 4.98 Å². The maximum absolute atomic E-state index is 12.3. The third-order valence-corrected chi connectivity index (χ3v) is 4.24. The van der Waals surface area contributed by atoms with Crippen LogP contribution in [-0.2, 0) is 9.73 Å². The third kappa shape index (κ3) is 2.23. The Balaban J connectivity index is 2.46. The highest BCUT2D eigenvalue weighted by molar-refractivity contribution is 7.92. The van der Waals surface area contributed by atoms with Gasteiger partial charge in [0.05, 0.1) is 15.4 Å². The lowest BCUT2D eigenvalue weighted by Crippen LogP contribution is -2.02. The summed E-state index contributed by atoms with van der Waals surface area (Å²) in [5, 5.41) is 8.77. The Hall–Kier alpha value is -2.21. The van der Waals surface area contributed by atoms with Gasteiger partial charge in [0.15, 0.2) is 0 Å². The lowest BCUT2D eigenvalue weighted by molar-refractivity contribution is 0.0697. The van der Waals surface area contributed by atoms with Gasteiger partial charge in [-0.1, -0.05) is 0 Å². The van der Waals surface area contributed by atoms with Gasteiger partial charge in [-0.2, -0.15) is 0 Å². The molecule has 2 rings (SSSR count). The van der Waals surface area contributed by atoms with E-state index in [0.717, 1.165) is 0 Å². The first-order valence-corrected chi connectivity index (χ1v) is 6.60. The summed E-state index contributed by atoms with van der Waals surface area (Å²) in [7, 11) is -3.14. The number of hydrogen-bond acceptors (Lipinski definition) is 4. The van der Waals surface area contributed by atoms with Crippen LogP contribution in [0.1, 0.15) is 10.4 Å². The second-order valence-electron chi connectivity index (χ2n) is 3.57. The zero-order valence-electron chi connectivity index (χ0n) is 9.24. The van der Waals surface area contributed by atoms with Crippen molar-refractivity contribution >= 4 is 15.7 Å². The molecule has 0 aliphatic rings. The number of pyridine rings is 1. The van der Waals surface area contributed by atoms with E-state index in [4.69, 9.17) is 9.89 Å². The van der Waals surface area contributed by atoms with Crippen LogP contribution in [0, 0.1) is 4.78 Å². The molecule has 0 aliphatic carbocycles. The first-order valence-electron chi connectivity index (χ1n) is 5.04. The van der Waals surface area contributed by atoms with E-state index < -0.39 is 15.7 Å². The molecular weight excluding hydrogens is 252 g/mol. The van der Waals surface area contributed by atoms with Crippen LogP contribution in [0.2, 0.25) is 0 Å². The van der Waals surface area contributed by atoms with Gasteiger partial charge in [-0.3, -0.25) is 4.98 Å². The van der Waals surface area contributed by atoms with Gasteiger partial charge in [0, 0.05) is 12.4 Å². The maximum Gasteiger partial charge on any atom is 0.335 e. The van der Waals surface area contributed by atoms with Crippen molar-refractivity contribution in [1.29, 1.82) is 4.78 Å². The predicted molar refractivity (Wildman–Crippen MR) is 65.0 cm³/mol. The molecule has 1 unspecified atom stereocenters. The summed E-state index contributed by atoms with van der Waals surface area (Å²) >= 11 is 0. The fraction of sp³-hybridized carbons (Fsp3) is 0. The molecule has 0 saturated carbocycles. The van der Waals surface area contributed by atoms with Crippen molar-refractivity contribution < 1.29 is 14.1 Å². The highest BCUT2D eigenvalue weighted by atomic mass is 32.2. The number of benzene rings is 1. The van der Waals surface area contributed by atoms with Crippen molar-refractivity contribution in [2.24, 2.45) is 0 Å². The average Bonchev–Trinajstić information content (AvgIpc) is 2.40. The highest BCUT2D eigenvalue weighted by Crippen LogP contribution is 2.20. The average molecular weight is 262 g/mol. The van der Waals surface area contributed by atoms with E-state index in [9.17, 15) is 9.00 Å². The summed E-state index contributed by atoms with van der Waals surface area (Å²) < 4.78 is 20.3. The summed E-state index contributed by atoms with van der Waals surface area (Å²) in [6.45, 7) is 0. The number of carboxylic acid groups (broad SMARTS) is 1. The van der Waals surface area contributed by atoms with Crippen LogP contribution in [0.5, 0.6) is 0 Å². The second kappa shape index (κ2) is 4.58. The first kappa shape index (κ1) is 12.3. The molecule has 0 radical (unpaired) electrons. The molecule has 0 amide bonds. The van der Waals surface area contributed by atoms with E-state index in [1.807, 2.05) is 0 Å². The number of rotatable bonds is 3. The van der Waals surface area contributed by atoms with E-state index >= 15 is 0 Å². The van der Waals surface area contributed by atoms with E-state index in [1.54, 1.807) is 12.1 Å². The predicted octanol–water partition coefficient (Wildman–Crippen LogP) is 2.24. The monoisotopic (exact) mass is 262 g/mol. The Labute approximate surface area is 104 Å². The van der Waals surface area contributed by atoms with Gasteiger partial charge in [0.1, 0.15) is 9.73 Å². The Bertz CT molecular complexity index is 664. The third-order valence-electron chi connectivity index (χ3n) is 2.40. The number of nitrogens with zero attached hydrogens (tertiary/aromatic N) is 1. The molecule has 0 spiro atoms. The molecule has 2 aromatic rings. The van der Waals surface area contributed by atoms with E-state index in [-0.39, 0.29) is 10.5 Å². The second-order valence-corrected chi connectivity index (χ2v) is 5.63. The molecule has 1 atom stereocenters. The molecule has 5 nitrogen and oxygen atoms in total. The van der Waals surface area contributed by atoms with Gasteiger partial charge < -0.3 is 5.11 Å². The Morgan fingerprint density at radius 3 is 2.33 bits per heavy atom. The molecule has 1 aromatic heterocycles. The maximum atomic E-state index is 12.3. The molecule has 0 fully saturated rings. The van der Waals surface area contributed by atoms with Crippen LogP contribution in [0.25, 0.3) is 0 Å². The Kier molecular flexibility index (Phi) is 3.12. The summed E-state index contributed by atoms with van der Waals surface area (Å²) in [5.41, 5.74) is 0.0973. The smallest absolute Gasteiger partial charge is 0.335 e. The van der Waals surface area contributed by atoms with Gasteiger partial charge >= 0.3 is 5.97 Å².